The lowest BCUT2D eigenvalue weighted by molar-refractivity contribution is 0.352. The largest absolute Gasteiger partial charge is 0.313 e. The summed E-state index contributed by atoms with van der Waals surface area (Å²) in [6.07, 6.45) is 4.84. The molecule has 0 radical (unpaired) electrons. The van der Waals surface area contributed by atoms with Crippen molar-refractivity contribution >= 4 is 0 Å². The van der Waals surface area contributed by atoms with Gasteiger partial charge in [-0.25, -0.2) is 0 Å². The highest BCUT2D eigenvalue weighted by atomic mass is 15.1. The van der Waals surface area contributed by atoms with Crippen molar-refractivity contribution in [2.24, 2.45) is 0 Å². The van der Waals surface area contributed by atoms with E-state index < -0.39 is 0 Å². The number of pyridine rings is 1. The minimum Gasteiger partial charge on any atom is -0.313 e. The molecule has 0 saturated heterocycles. The van der Waals surface area contributed by atoms with E-state index in [0.29, 0.717) is 0 Å². The molecule has 1 rings (SSSR count). The monoisotopic (exact) mass is 233 g/mol. The van der Waals surface area contributed by atoms with E-state index >= 15 is 0 Å². The average molecular weight is 233 g/mol. The van der Waals surface area contributed by atoms with Crippen LogP contribution in [0.4, 0.5) is 0 Å². The third-order valence-electron chi connectivity index (χ3n) is 2.50. The van der Waals surface area contributed by atoms with E-state index in [2.05, 4.69) is 47.9 Å². The van der Waals surface area contributed by atoms with Gasteiger partial charge in [0.25, 0.3) is 0 Å². The summed E-state index contributed by atoms with van der Waals surface area (Å²) in [6, 6.07) is 4.10. The first-order valence-corrected chi connectivity index (χ1v) is 6.17. The predicted octanol–water partition coefficient (Wildman–Crippen LogP) is 2.07. The Morgan fingerprint density at radius 2 is 2.12 bits per heavy atom. The first kappa shape index (κ1) is 13.9. The van der Waals surface area contributed by atoms with Crippen LogP contribution in [0.1, 0.15) is 18.9 Å². The summed E-state index contributed by atoms with van der Waals surface area (Å²) in [5.41, 5.74) is 2.52. The van der Waals surface area contributed by atoms with Gasteiger partial charge in [0.1, 0.15) is 0 Å². The van der Waals surface area contributed by atoms with Gasteiger partial charge in [-0.1, -0.05) is 13.5 Å². The van der Waals surface area contributed by atoms with Gasteiger partial charge in [-0.2, -0.15) is 0 Å². The SMILES string of the molecule is C=C(CNCCC)CN(C)Cc1ccncc1. The van der Waals surface area contributed by atoms with E-state index in [1.165, 1.54) is 17.6 Å². The van der Waals surface area contributed by atoms with Crippen LogP contribution < -0.4 is 5.32 Å². The van der Waals surface area contributed by atoms with E-state index in [9.17, 15) is 0 Å². The standard InChI is InChI=1S/C14H23N3/c1-4-7-16-10-13(2)11-17(3)12-14-5-8-15-9-6-14/h5-6,8-9,16H,2,4,7,10-12H2,1,3H3. The molecule has 0 unspecified atom stereocenters. The molecule has 0 amide bonds. The average Bonchev–Trinajstić information content (AvgIpc) is 2.30. The molecular weight excluding hydrogens is 210 g/mol. The molecule has 0 spiro atoms. The van der Waals surface area contributed by atoms with Crippen molar-refractivity contribution in [2.75, 3.05) is 26.7 Å². The smallest absolute Gasteiger partial charge is 0.0271 e. The van der Waals surface area contributed by atoms with Gasteiger partial charge in [-0.3, -0.25) is 9.88 Å². The van der Waals surface area contributed by atoms with E-state index in [1.807, 2.05) is 12.4 Å². The summed E-state index contributed by atoms with van der Waals surface area (Å²) in [5, 5.41) is 3.37. The molecule has 0 atom stereocenters. The third kappa shape index (κ3) is 6.19. The van der Waals surface area contributed by atoms with Gasteiger partial charge in [0.2, 0.25) is 0 Å². The van der Waals surface area contributed by atoms with Crippen LogP contribution in [0.15, 0.2) is 36.7 Å². The Labute approximate surface area is 105 Å². The van der Waals surface area contributed by atoms with Gasteiger partial charge < -0.3 is 5.32 Å². The normalized spacial score (nSPS) is 10.8. The molecule has 0 aliphatic rings. The molecule has 0 saturated carbocycles. The topological polar surface area (TPSA) is 28.2 Å². The molecule has 3 heteroatoms. The molecule has 1 aromatic heterocycles. The second-order valence-corrected chi connectivity index (χ2v) is 4.45. The van der Waals surface area contributed by atoms with Gasteiger partial charge in [0, 0.05) is 32.0 Å². The van der Waals surface area contributed by atoms with Crippen molar-refractivity contribution in [1.82, 2.24) is 15.2 Å². The second kappa shape index (κ2) is 7.98. The highest BCUT2D eigenvalue weighted by Gasteiger charge is 2.02. The molecule has 0 aromatic carbocycles. The summed E-state index contributed by atoms with van der Waals surface area (Å²) in [4.78, 5) is 6.29. The zero-order valence-corrected chi connectivity index (χ0v) is 10.9. The molecule has 94 valence electrons. The molecule has 0 bridgehead atoms. The molecule has 17 heavy (non-hydrogen) atoms. The Hall–Kier alpha value is -1.19. The molecular formula is C14H23N3. The molecule has 0 aliphatic heterocycles. The predicted molar refractivity (Wildman–Crippen MR) is 72.9 cm³/mol. The Kier molecular flexibility index (Phi) is 6.51. The first-order valence-electron chi connectivity index (χ1n) is 6.17. The van der Waals surface area contributed by atoms with Crippen LogP contribution in [0.5, 0.6) is 0 Å². The van der Waals surface area contributed by atoms with Gasteiger partial charge in [0.15, 0.2) is 0 Å². The van der Waals surface area contributed by atoms with Crippen LogP contribution in [-0.4, -0.2) is 36.6 Å². The summed E-state index contributed by atoms with van der Waals surface area (Å²) >= 11 is 0. The van der Waals surface area contributed by atoms with Crippen LogP contribution in [-0.2, 0) is 6.54 Å². The fourth-order valence-electron chi connectivity index (χ4n) is 1.74. The molecule has 0 fully saturated rings. The van der Waals surface area contributed by atoms with E-state index in [1.54, 1.807) is 0 Å². The zero-order chi connectivity index (χ0) is 12.5. The molecule has 1 N–H and O–H groups in total. The molecule has 1 aromatic rings. The number of hydrogen-bond donors (Lipinski definition) is 1. The fourth-order valence-corrected chi connectivity index (χ4v) is 1.74. The van der Waals surface area contributed by atoms with Crippen LogP contribution >= 0.6 is 0 Å². The number of rotatable bonds is 8. The zero-order valence-electron chi connectivity index (χ0n) is 10.9. The summed E-state index contributed by atoms with van der Waals surface area (Å²) in [5.74, 6) is 0. The lowest BCUT2D eigenvalue weighted by atomic mass is 10.2. The first-order chi connectivity index (χ1) is 8.22. The molecule has 3 nitrogen and oxygen atoms in total. The number of aromatic nitrogens is 1. The van der Waals surface area contributed by atoms with Crippen molar-refractivity contribution in [3.05, 3.63) is 42.2 Å². The lowest BCUT2D eigenvalue weighted by Crippen LogP contribution is -2.26. The fraction of sp³-hybridized carbons (Fsp3) is 0.500. The Morgan fingerprint density at radius 1 is 1.41 bits per heavy atom. The number of hydrogen-bond acceptors (Lipinski definition) is 3. The van der Waals surface area contributed by atoms with Crippen LogP contribution in [0, 0.1) is 0 Å². The maximum absolute atomic E-state index is 4.09. The van der Waals surface area contributed by atoms with Crippen molar-refractivity contribution in [2.45, 2.75) is 19.9 Å². The van der Waals surface area contributed by atoms with E-state index in [0.717, 1.165) is 26.2 Å². The minimum absolute atomic E-state index is 0.911. The Bertz CT molecular complexity index is 321. The van der Waals surface area contributed by atoms with E-state index in [4.69, 9.17) is 0 Å². The van der Waals surface area contributed by atoms with Crippen LogP contribution in [0.2, 0.25) is 0 Å². The van der Waals surface area contributed by atoms with Gasteiger partial charge >= 0.3 is 0 Å². The maximum Gasteiger partial charge on any atom is 0.0271 e. The van der Waals surface area contributed by atoms with Gasteiger partial charge in [0.05, 0.1) is 0 Å². The third-order valence-corrected chi connectivity index (χ3v) is 2.50. The highest BCUT2D eigenvalue weighted by molar-refractivity contribution is 5.10. The number of likely N-dealkylation sites (N-methyl/N-ethyl adjacent to an activating group) is 1. The van der Waals surface area contributed by atoms with Crippen LogP contribution in [0.25, 0.3) is 0 Å². The second-order valence-electron chi connectivity index (χ2n) is 4.45. The van der Waals surface area contributed by atoms with Gasteiger partial charge in [-0.15, -0.1) is 0 Å². The van der Waals surface area contributed by atoms with Crippen molar-refractivity contribution < 1.29 is 0 Å². The van der Waals surface area contributed by atoms with Crippen molar-refractivity contribution in [1.29, 1.82) is 0 Å². The molecule has 1 heterocycles. The number of nitrogens with one attached hydrogen (secondary N) is 1. The van der Waals surface area contributed by atoms with Crippen LogP contribution in [0.3, 0.4) is 0 Å². The number of nitrogens with zero attached hydrogens (tertiary/aromatic N) is 2. The highest BCUT2D eigenvalue weighted by Crippen LogP contribution is 2.02. The Morgan fingerprint density at radius 3 is 2.76 bits per heavy atom. The summed E-state index contributed by atoms with van der Waals surface area (Å²) in [6.45, 7) is 10.1. The maximum atomic E-state index is 4.09. The minimum atomic E-state index is 0.911. The lowest BCUT2D eigenvalue weighted by Gasteiger charge is -2.18. The van der Waals surface area contributed by atoms with E-state index in [-0.39, 0.29) is 0 Å². The van der Waals surface area contributed by atoms with Crippen molar-refractivity contribution in [3.8, 4) is 0 Å². The Balaban J connectivity index is 2.25. The summed E-state index contributed by atoms with van der Waals surface area (Å²) < 4.78 is 0. The quantitative estimate of drug-likeness (QED) is 0.550. The molecule has 0 aliphatic carbocycles. The van der Waals surface area contributed by atoms with Crippen molar-refractivity contribution in [3.63, 3.8) is 0 Å². The summed E-state index contributed by atoms with van der Waals surface area (Å²) in [7, 11) is 2.12. The van der Waals surface area contributed by atoms with Gasteiger partial charge in [-0.05, 0) is 43.3 Å².